The van der Waals surface area contributed by atoms with Gasteiger partial charge in [-0.05, 0) is 6.92 Å². The van der Waals surface area contributed by atoms with Crippen molar-refractivity contribution in [3.05, 3.63) is 15.4 Å². The average molecular weight is 282 g/mol. The highest BCUT2D eigenvalue weighted by Gasteiger charge is 2.21. The number of aromatic nitrogens is 1. The van der Waals surface area contributed by atoms with Crippen LogP contribution in [0.2, 0.25) is 0 Å². The number of hydrogen-bond acceptors (Lipinski definition) is 6. The lowest BCUT2D eigenvalue weighted by Crippen LogP contribution is -2.34. The third-order valence-corrected chi connectivity index (χ3v) is 5.02. The molecule has 0 spiro atoms. The summed E-state index contributed by atoms with van der Waals surface area (Å²) in [5.41, 5.74) is 0.318. The minimum absolute atomic E-state index is 0.0199. The molecule has 7 nitrogen and oxygen atoms in total. The summed E-state index contributed by atoms with van der Waals surface area (Å²) >= 11 is 0.645. The molecule has 9 heteroatoms. The standard InChI is InChI=1S/C8H14N2O5S2/c1-5-7(16-8(11)10-5)17(12,13)9-4-6(14-2)15-3/h6,9H,4H2,1-3H3,(H,10,11). The summed E-state index contributed by atoms with van der Waals surface area (Å²) in [6, 6.07) is 0. The second-order valence-corrected chi connectivity index (χ2v) is 6.13. The molecule has 1 heterocycles. The molecule has 0 aliphatic carbocycles. The first kappa shape index (κ1) is 14.3. The molecule has 0 fully saturated rings. The predicted molar refractivity (Wildman–Crippen MR) is 62.7 cm³/mol. The summed E-state index contributed by atoms with van der Waals surface area (Å²) in [6.07, 6.45) is -0.666. The molecule has 17 heavy (non-hydrogen) atoms. The van der Waals surface area contributed by atoms with Gasteiger partial charge in [0.15, 0.2) is 10.5 Å². The van der Waals surface area contributed by atoms with Gasteiger partial charge >= 0.3 is 4.87 Å². The third-order valence-electron chi connectivity index (χ3n) is 1.99. The number of sulfonamides is 1. The highest BCUT2D eigenvalue weighted by Crippen LogP contribution is 2.15. The van der Waals surface area contributed by atoms with E-state index >= 15 is 0 Å². The zero-order chi connectivity index (χ0) is 13.1. The van der Waals surface area contributed by atoms with Crippen molar-refractivity contribution in [3.63, 3.8) is 0 Å². The van der Waals surface area contributed by atoms with Crippen molar-refractivity contribution in [2.75, 3.05) is 20.8 Å². The van der Waals surface area contributed by atoms with Crippen molar-refractivity contribution >= 4 is 21.4 Å². The van der Waals surface area contributed by atoms with E-state index in [4.69, 9.17) is 9.47 Å². The van der Waals surface area contributed by atoms with E-state index in [1.54, 1.807) is 0 Å². The van der Waals surface area contributed by atoms with Crippen LogP contribution in [-0.2, 0) is 19.5 Å². The number of methoxy groups -OCH3 is 2. The van der Waals surface area contributed by atoms with E-state index < -0.39 is 21.2 Å². The molecule has 0 aromatic carbocycles. The van der Waals surface area contributed by atoms with Crippen LogP contribution in [-0.4, -0.2) is 40.5 Å². The second-order valence-electron chi connectivity index (χ2n) is 3.18. The lowest BCUT2D eigenvalue weighted by molar-refractivity contribution is -0.0960. The minimum Gasteiger partial charge on any atom is -0.355 e. The number of aryl methyl sites for hydroxylation is 1. The minimum atomic E-state index is -3.71. The molecule has 1 aromatic heterocycles. The van der Waals surface area contributed by atoms with E-state index in [1.807, 2.05) is 0 Å². The molecule has 2 N–H and O–H groups in total. The molecule has 0 aliphatic rings. The first-order chi connectivity index (χ1) is 7.90. The monoisotopic (exact) mass is 282 g/mol. The summed E-state index contributed by atoms with van der Waals surface area (Å²) in [7, 11) is -0.898. The lowest BCUT2D eigenvalue weighted by Gasteiger charge is -2.13. The Hall–Kier alpha value is -0.740. The maximum atomic E-state index is 11.8. The highest BCUT2D eigenvalue weighted by atomic mass is 32.2. The molecule has 0 radical (unpaired) electrons. The number of aromatic amines is 1. The number of nitrogens with one attached hydrogen (secondary N) is 2. The molecule has 0 saturated carbocycles. The largest absolute Gasteiger partial charge is 0.355 e. The van der Waals surface area contributed by atoms with E-state index in [0.717, 1.165) is 0 Å². The Morgan fingerprint density at radius 2 is 2.00 bits per heavy atom. The number of H-pyrrole nitrogens is 1. The zero-order valence-corrected chi connectivity index (χ0v) is 11.3. The Kier molecular flexibility index (Phi) is 4.83. The fourth-order valence-electron chi connectivity index (χ4n) is 1.15. The lowest BCUT2D eigenvalue weighted by atomic mass is 10.6. The molecular formula is C8H14N2O5S2. The first-order valence-corrected chi connectivity index (χ1v) is 6.95. The van der Waals surface area contributed by atoms with Crippen LogP contribution >= 0.6 is 11.3 Å². The van der Waals surface area contributed by atoms with Crippen LogP contribution in [0, 0.1) is 6.92 Å². The summed E-state index contributed by atoms with van der Waals surface area (Å²) in [6.45, 7) is 1.50. The molecule has 0 bridgehead atoms. The SMILES string of the molecule is COC(CNS(=O)(=O)c1sc(=O)[nH]c1C)OC. The number of rotatable bonds is 6. The number of thiazole rings is 1. The molecule has 0 amide bonds. The fraction of sp³-hybridized carbons (Fsp3) is 0.625. The zero-order valence-electron chi connectivity index (χ0n) is 9.64. The van der Waals surface area contributed by atoms with Crippen LogP contribution in [0.25, 0.3) is 0 Å². The van der Waals surface area contributed by atoms with Crippen LogP contribution in [0.5, 0.6) is 0 Å². The maximum absolute atomic E-state index is 11.8. The van der Waals surface area contributed by atoms with Crippen molar-refractivity contribution < 1.29 is 17.9 Å². The van der Waals surface area contributed by atoms with Crippen LogP contribution in [0.3, 0.4) is 0 Å². The molecule has 0 saturated heterocycles. The fourth-order valence-corrected chi connectivity index (χ4v) is 3.51. The van der Waals surface area contributed by atoms with Gasteiger partial charge in [-0.15, -0.1) is 0 Å². The van der Waals surface area contributed by atoms with Gasteiger partial charge in [0.05, 0.1) is 6.54 Å². The molecule has 0 aliphatic heterocycles. The highest BCUT2D eigenvalue weighted by molar-refractivity contribution is 7.91. The van der Waals surface area contributed by atoms with Gasteiger partial charge in [-0.3, -0.25) is 4.79 Å². The second kappa shape index (κ2) is 5.74. The average Bonchev–Trinajstić information content (AvgIpc) is 2.60. The Morgan fingerprint density at radius 3 is 2.41 bits per heavy atom. The van der Waals surface area contributed by atoms with E-state index in [0.29, 0.717) is 17.0 Å². The number of hydrogen-bond donors (Lipinski definition) is 2. The molecule has 0 atom stereocenters. The Labute approximate surface area is 103 Å². The summed E-state index contributed by atoms with van der Waals surface area (Å²) in [5, 5.41) is 0. The topological polar surface area (TPSA) is 97.5 Å². The van der Waals surface area contributed by atoms with Gasteiger partial charge in [-0.1, -0.05) is 11.3 Å². The summed E-state index contributed by atoms with van der Waals surface area (Å²) in [4.78, 5) is 13.0. The van der Waals surface area contributed by atoms with Crippen LogP contribution in [0.4, 0.5) is 0 Å². The Balaban J connectivity index is 2.83. The smallest absolute Gasteiger partial charge is 0.305 e. The van der Waals surface area contributed by atoms with Crippen molar-refractivity contribution in [1.29, 1.82) is 0 Å². The summed E-state index contributed by atoms with van der Waals surface area (Å²) in [5.74, 6) is 0. The van der Waals surface area contributed by atoms with E-state index in [2.05, 4.69) is 9.71 Å². The van der Waals surface area contributed by atoms with Crippen molar-refractivity contribution in [2.45, 2.75) is 17.4 Å². The van der Waals surface area contributed by atoms with Gasteiger partial charge < -0.3 is 14.5 Å². The molecule has 1 rings (SSSR count). The summed E-state index contributed by atoms with van der Waals surface area (Å²) < 4.78 is 35.7. The van der Waals surface area contributed by atoms with Crippen LogP contribution in [0.15, 0.2) is 9.00 Å². The molecule has 1 aromatic rings. The molecule has 98 valence electrons. The van der Waals surface area contributed by atoms with Gasteiger partial charge in [0, 0.05) is 19.9 Å². The van der Waals surface area contributed by atoms with E-state index in [1.165, 1.54) is 21.1 Å². The van der Waals surface area contributed by atoms with E-state index in [-0.39, 0.29) is 10.8 Å². The maximum Gasteiger partial charge on any atom is 0.305 e. The van der Waals surface area contributed by atoms with Crippen molar-refractivity contribution in [1.82, 2.24) is 9.71 Å². The van der Waals surface area contributed by atoms with Gasteiger partial charge in [0.25, 0.3) is 10.0 Å². The normalized spacial score (nSPS) is 12.2. The van der Waals surface area contributed by atoms with Gasteiger partial charge in [-0.2, -0.15) is 0 Å². The van der Waals surface area contributed by atoms with Crippen molar-refractivity contribution in [3.8, 4) is 0 Å². The van der Waals surface area contributed by atoms with Crippen molar-refractivity contribution in [2.24, 2.45) is 0 Å². The van der Waals surface area contributed by atoms with E-state index in [9.17, 15) is 13.2 Å². The third kappa shape index (κ3) is 3.61. The van der Waals surface area contributed by atoms with Crippen LogP contribution in [0.1, 0.15) is 5.69 Å². The van der Waals surface area contributed by atoms with Gasteiger partial charge in [0.1, 0.15) is 0 Å². The van der Waals surface area contributed by atoms with Crippen LogP contribution < -0.4 is 9.60 Å². The van der Waals surface area contributed by atoms with Gasteiger partial charge in [0.2, 0.25) is 0 Å². The quantitative estimate of drug-likeness (QED) is 0.695. The Bertz CT molecular complexity index is 514. The molecular weight excluding hydrogens is 268 g/mol. The van der Waals surface area contributed by atoms with Gasteiger partial charge in [-0.25, -0.2) is 13.1 Å². The predicted octanol–water partition coefficient (Wildman–Crippen LogP) is -0.358. The number of ether oxygens (including phenoxy) is 2. The molecule has 0 unspecified atom stereocenters. The first-order valence-electron chi connectivity index (χ1n) is 4.65. The Morgan fingerprint density at radius 1 is 1.41 bits per heavy atom.